The molecule has 160 valence electrons. The first-order valence-corrected chi connectivity index (χ1v) is 10.7. The fourth-order valence-electron chi connectivity index (χ4n) is 4.14. The van der Waals surface area contributed by atoms with Gasteiger partial charge in [0.05, 0.1) is 17.8 Å². The zero-order valence-corrected chi connectivity index (χ0v) is 18.3. The van der Waals surface area contributed by atoms with Gasteiger partial charge in [0.25, 0.3) is 0 Å². The molecule has 1 amide bonds. The van der Waals surface area contributed by atoms with Crippen LogP contribution in [-0.4, -0.2) is 52.5 Å². The minimum atomic E-state index is 0.0724. The van der Waals surface area contributed by atoms with E-state index in [4.69, 9.17) is 0 Å². The molecule has 6 heteroatoms. The molecule has 1 fully saturated rings. The van der Waals surface area contributed by atoms with Crippen LogP contribution < -0.4 is 4.90 Å². The van der Waals surface area contributed by atoms with Crippen molar-refractivity contribution in [1.29, 1.82) is 0 Å². The van der Waals surface area contributed by atoms with Crippen LogP contribution in [0.3, 0.4) is 0 Å². The van der Waals surface area contributed by atoms with E-state index >= 15 is 0 Å². The number of para-hydroxylation sites is 1. The van der Waals surface area contributed by atoms with Gasteiger partial charge in [0.1, 0.15) is 0 Å². The van der Waals surface area contributed by atoms with Gasteiger partial charge in [0.15, 0.2) is 5.78 Å². The van der Waals surface area contributed by atoms with Gasteiger partial charge >= 0.3 is 0 Å². The Kier molecular flexibility index (Phi) is 5.89. The Bertz CT molecular complexity index is 1080. The van der Waals surface area contributed by atoms with E-state index in [9.17, 15) is 9.59 Å². The number of amides is 1. The van der Waals surface area contributed by atoms with E-state index in [-0.39, 0.29) is 11.7 Å². The third-order valence-corrected chi connectivity index (χ3v) is 6.04. The molecule has 0 radical (unpaired) electrons. The van der Waals surface area contributed by atoms with E-state index in [0.29, 0.717) is 19.5 Å². The third-order valence-electron chi connectivity index (χ3n) is 6.04. The van der Waals surface area contributed by atoms with Crippen molar-refractivity contribution in [3.63, 3.8) is 0 Å². The van der Waals surface area contributed by atoms with Crippen molar-refractivity contribution in [1.82, 2.24) is 14.7 Å². The summed E-state index contributed by atoms with van der Waals surface area (Å²) in [6.07, 6.45) is 0.373. The first-order chi connectivity index (χ1) is 14.9. The van der Waals surface area contributed by atoms with Crippen LogP contribution in [0.5, 0.6) is 0 Å². The van der Waals surface area contributed by atoms with Gasteiger partial charge in [0.2, 0.25) is 5.91 Å². The average Bonchev–Trinajstić information content (AvgIpc) is 3.08. The molecule has 1 aromatic heterocycles. The molecule has 0 spiro atoms. The molecule has 4 rings (SSSR count). The summed E-state index contributed by atoms with van der Waals surface area (Å²) in [5, 5.41) is 4.66. The molecule has 0 aliphatic carbocycles. The van der Waals surface area contributed by atoms with Gasteiger partial charge in [-0.2, -0.15) is 5.10 Å². The monoisotopic (exact) mass is 416 g/mol. The molecule has 1 aliphatic rings. The fourth-order valence-corrected chi connectivity index (χ4v) is 4.14. The number of piperazine rings is 1. The van der Waals surface area contributed by atoms with Gasteiger partial charge in [-0.3, -0.25) is 9.59 Å². The van der Waals surface area contributed by atoms with Crippen molar-refractivity contribution in [3.05, 3.63) is 77.1 Å². The number of rotatable bonds is 5. The Labute approximate surface area is 183 Å². The number of carbonyl (C=O) groups is 2. The molecule has 3 aromatic rings. The number of carbonyl (C=O) groups excluding carboxylic acids is 2. The molecule has 0 unspecified atom stereocenters. The number of benzene rings is 2. The second-order valence-electron chi connectivity index (χ2n) is 8.04. The highest BCUT2D eigenvalue weighted by molar-refractivity contribution is 5.94. The van der Waals surface area contributed by atoms with Crippen molar-refractivity contribution in [2.75, 3.05) is 31.1 Å². The van der Waals surface area contributed by atoms with Crippen LogP contribution in [0.4, 0.5) is 5.69 Å². The van der Waals surface area contributed by atoms with Crippen LogP contribution in [0.25, 0.3) is 5.69 Å². The smallest absolute Gasteiger partial charge is 0.227 e. The zero-order chi connectivity index (χ0) is 22.0. The fraction of sp³-hybridized carbons (Fsp3) is 0.320. The summed E-state index contributed by atoms with van der Waals surface area (Å²) in [6, 6.07) is 17.7. The molecule has 0 saturated carbocycles. The number of hydrogen-bond donors (Lipinski definition) is 0. The zero-order valence-electron chi connectivity index (χ0n) is 18.3. The summed E-state index contributed by atoms with van der Waals surface area (Å²) in [6.45, 7) is 8.53. The molecule has 0 bridgehead atoms. The summed E-state index contributed by atoms with van der Waals surface area (Å²) < 4.78 is 1.92. The van der Waals surface area contributed by atoms with Gasteiger partial charge in [-0.05, 0) is 57.2 Å². The molecular formula is C25H28N4O2. The molecule has 0 atom stereocenters. The molecular weight excluding hydrogens is 388 g/mol. The van der Waals surface area contributed by atoms with Crippen molar-refractivity contribution < 1.29 is 9.59 Å². The van der Waals surface area contributed by atoms with Gasteiger partial charge < -0.3 is 9.80 Å². The normalized spacial score (nSPS) is 14.0. The summed E-state index contributed by atoms with van der Waals surface area (Å²) in [4.78, 5) is 28.7. The molecule has 0 N–H and O–H groups in total. The van der Waals surface area contributed by atoms with Crippen molar-refractivity contribution in [3.8, 4) is 5.69 Å². The second kappa shape index (κ2) is 8.76. The largest absolute Gasteiger partial charge is 0.368 e. The lowest BCUT2D eigenvalue weighted by Gasteiger charge is -2.36. The second-order valence-corrected chi connectivity index (χ2v) is 8.04. The van der Waals surface area contributed by atoms with Crippen LogP contribution in [0.2, 0.25) is 0 Å². The number of hydrogen-bond acceptors (Lipinski definition) is 4. The predicted octanol–water partition coefficient (Wildman–Crippen LogP) is 3.58. The number of aryl methyl sites for hydroxylation is 1. The minimum Gasteiger partial charge on any atom is -0.368 e. The lowest BCUT2D eigenvalue weighted by molar-refractivity contribution is -0.130. The van der Waals surface area contributed by atoms with Crippen molar-refractivity contribution >= 4 is 17.4 Å². The Hall–Kier alpha value is -3.41. The lowest BCUT2D eigenvalue weighted by Crippen LogP contribution is -2.49. The summed E-state index contributed by atoms with van der Waals surface area (Å²) >= 11 is 0. The van der Waals surface area contributed by atoms with Crippen LogP contribution in [0, 0.1) is 13.8 Å². The molecule has 6 nitrogen and oxygen atoms in total. The molecule has 31 heavy (non-hydrogen) atoms. The van der Waals surface area contributed by atoms with Crippen molar-refractivity contribution in [2.45, 2.75) is 27.2 Å². The SMILES string of the molecule is CC(=O)c1ccc(N2CCN(C(=O)Cc3c(C)nn(-c4ccccc4)c3C)CC2)cc1. The maximum Gasteiger partial charge on any atom is 0.227 e. The third kappa shape index (κ3) is 4.38. The molecule has 1 saturated heterocycles. The summed E-state index contributed by atoms with van der Waals surface area (Å²) in [5.74, 6) is 0.216. The Morgan fingerprint density at radius 3 is 2.13 bits per heavy atom. The summed E-state index contributed by atoms with van der Waals surface area (Å²) in [5.41, 5.74) is 5.75. The minimum absolute atomic E-state index is 0.0724. The Balaban J connectivity index is 1.39. The lowest BCUT2D eigenvalue weighted by atomic mass is 10.1. The van der Waals surface area contributed by atoms with E-state index < -0.39 is 0 Å². The number of anilines is 1. The first-order valence-electron chi connectivity index (χ1n) is 10.7. The standard InChI is InChI=1S/C25H28N4O2/c1-18-24(19(2)29(26-18)23-7-5-4-6-8-23)17-25(31)28-15-13-27(14-16-28)22-11-9-21(10-12-22)20(3)30/h4-12H,13-17H2,1-3H3. The van der Waals surface area contributed by atoms with E-state index in [1.165, 1.54) is 0 Å². The van der Waals surface area contributed by atoms with Gasteiger partial charge in [-0.15, -0.1) is 0 Å². The predicted molar refractivity (Wildman–Crippen MR) is 122 cm³/mol. The van der Waals surface area contributed by atoms with E-state index in [1.807, 2.05) is 78.0 Å². The van der Waals surface area contributed by atoms with Gasteiger partial charge in [0, 0.05) is 48.7 Å². The number of aromatic nitrogens is 2. The first kappa shape index (κ1) is 20.8. The highest BCUT2D eigenvalue weighted by Gasteiger charge is 2.24. The van der Waals surface area contributed by atoms with Crippen LogP contribution >= 0.6 is 0 Å². The summed E-state index contributed by atoms with van der Waals surface area (Å²) in [7, 11) is 0. The highest BCUT2D eigenvalue weighted by atomic mass is 16.2. The number of nitrogens with zero attached hydrogens (tertiary/aromatic N) is 4. The maximum absolute atomic E-state index is 13.0. The number of Topliss-reactive ketones (excluding diaryl/α,β-unsaturated/α-hetero) is 1. The van der Waals surface area contributed by atoms with E-state index in [1.54, 1.807) is 6.92 Å². The highest BCUT2D eigenvalue weighted by Crippen LogP contribution is 2.21. The van der Waals surface area contributed by atoms with Crippen LogP contribution in [-0.2, 0) is 11.2 Å². The average molecular weight is 417 g/mol. The van der Waals surface area contributed by atoms with Crippen molar-refractivity contribution in [2.24, 2.45) is 0 Å². The van der Waals surface area contributed by atoms with E-state index in [0.717, 1.165) is 47.0 Å². The topological polar surface area (TPSA) is 58.4 Å². The number of ketones is 1. The molecule has 2 heterocycles. The maximum atomic E-state index is 13.0. The van der Waals surface area contributed by atoms with Crippen LogP contribution in [0.15, 0.2) is 54.6 Å². The van der Waals surface area contributed by atoms with Gasteiger partial charge in [-0.25, -0.2) is 4.68 Å². The van der Waals surface area contributed by atoms with Crippen LogP contribution in [0.1, 0.15) is 34.2 Å². The van der Waals surface area contributed by atoms with Gasteiger partial charge in [-0.1, -0.05) is 18.2 Å². The quantitative estimate of drug-likeness (QED) is 0.597. The Morgan fingerprint density at radius 1 is 0.871 bits per heavy atom. The molecule has 1 aliphatic heterocycles. The van der Waals surface area contributed by atoms with E-state index in [2.05, 4.69) is 10.00 Å². The molecule has 2 aromatic carbocycles. The Morgan fingerprint density at radius 2 is 1.52 bits per heavy atom.